The molecule has 6 heteroatoms. The summed E-state index contributed by atoms with van der Waals surface area (Å²) in [5, 5.41) is 3.13. The second-order valence-corrected chi connectivity index (χ2v) is 11.7. The highest BCUT2D eigenvalue weighted by molar-refractivity contribution is 7.89. The van der Waals surface area contributed by atoms with Gasteiger partial charge in [-0.15, -0.1) is 0 Å². The van der Waals surface area contributed by atoms with Crippen molar-refractivity contribution in [3.63, 3.8) is 0 Å². The molecule has 1 aliphatic heterocycles. The van der Waals surface area contributed by atoms with E-state index in [1.807, 2.05) is 36.4 Å². The average Bonchev–Trinajstić information content (AvgIpc) is 3.24. The summed E-state index contributed by atoms with van der Waals surface area (Å²) in [7, 11) is -3.78. The van der Waals surface area contributed by atoms with Gasteiger partial charge >= 0.3 is 0 Å². The zero-order chi connectivity index (χ0) is 21.9. The Labute approximate surface area is 184 Å². The maximum absolute atomic E-state index is 13.8. The number of carbonyl (C=O) groups is 1. The molecule has 164 valence electrons. The van der Waals surface area contributed by atoms with Gasteiger partial charge in [-0.2, -0.15) is 4.31 Å². The second-order valence-electron chi connectivity index (χ2n) is 9.87. The fourth-order valence-electron chi connectivity index (χ4n) is 6.80. The molecule has 0 aromatic heterocycles. The van der Waals surface area contributed by atoms with E-state index in [1.54, 1.807) is 28.6 Å². The lowest BCUT2D eigenvalue weighted by Crippen LogP contribution is -2.64. The van der Waals surface area contributed by atoms with Crippen LogP contribution in [0.25, 0.3) is 0 Å². The molecule has 4 bridgehead atoms. The number of sulfonamides is 1. The van der Waals surface area contributed by atoms with Gasteiger partial charge in [0.2, 0.25) is 15.9 Å². The van der Waals surface area contributed by atoms with Crippen molar-refractivity contribution in [2.24, 2.45) is 16.7 Å². The van der Waals surface area contributed by atoms with Gasteiger partial charge in [-0.3, -0.25) is 4.79 Å². The quantitative estimate of drug-likeness (QED) is 0.749. The molecular formula is C25H30N2O3S. The van der Waals surface area contributed by atoms with Gasteiger partial charge in [0.25, 0.3) is 0 Å². The molecule has 5 nitrogen and oxygen atoms in total. The number of amides is 1. The molecule has 1 N–H and O–H groups in total. The summed E-state index contributed by atoms with van der Waals surface area (Å²) < 4.78 is 29.0. The molecule has 31 heavy (non-hydrogen) atoms. The highest BCUT2D eigenvalue weighted by atomic mass is 32.2. The van der Waals surface area contributed by atoms with E-state index in [0.29, 0.717) is 25.4 Å². The minimum atomic E-state index is -3.78. The summed E-state index contributed by atoms with van der Waals surface area (Å²) in [6.07, 6.45) is 3.31. The first-order valence-electron chi connectivity index (χ1n) is 11.2. The van der Waals surface area contributed by atoms with Crippen molar-refractivity contribution in [3.05, 3.63) is 66.2 Å². The van der Waals surface area contributed by atoms with E-state index in [1.165, 1.54) is 0 Å². The second kappa shape index (κ2) is 6.91. The predicted molar refractivity (Wildman–Crippen MR) is 120 cm³/mol. The van der Waals surface area contributed by atoms with E-state index in [9.17, 15) is 13.2 Å². The maximum atomic E-state index is 13.8. The van der Waals surface area contributed by atoms with Crippen LogP contribution in [0.1, 0.15) is 38.7 Å². The van der Waals surface area contributed by atoms with Gasteiger partial charge in [-0.25, -0.2) is 8.42 Å². The van der Waals surface area contributed by atoms with Crippen molar-refractivity contribution in [3.8, 4) is 0 Å². The number of hydrogen-bond acceptors (Lipinski definition) is 3. The molecule has 0 unspecified atom stereocenters. The fourth-order valence-corrected chi connectivity index (χ4v) is 8.76. The van der Waals surface area contributed by atoms with Crippen LogP contribution in [-0.2, 0) is 21.2 Å². The molecule has 4 atom stereocenters. The molecule has 5 rings (SSSR count). The van der Waals surface area contributed by atoms with Crippen LogP contribution >= 0.6 is 0 Å². The summed E-state index contributed by atoms with van der Waals surface area (Å²) >= 11 is 0. The fraction of sp³-hybridized carbons (Fsp3) is 0.480. The Bertz CT molecular complexity index is 1100. The van der Waals surface area contributed by atoms with E-state index in [2.05, 4.69) is 19.2 Å². The molecule has 2 aromatic rings. The molecule has 2 saturated carbocycles. The number of benzene rings is 2. The molecule has 1 heterocycles. The number of hydrogen-bond donors (Lipinski definition) is 1. The minimum absolute atomic E-state index is 0.128. The molecular weight excluding hydrogens is 408 g/mol. The number of carbonyl (C=O) groups excluding carboxylic acids is 1. The van der Waals surface area contributed by atoms with Crippen LogP contribution in [0.15, 0.2) is 65.6 Å². The van der Waals surface area contributed by atoms with E-state index in [4.69, 9.17) is 0 Å². The van der Waals surface area contributed by atoms with E-state index < -0.39 is 15.6 Å². The van der Waals surface area contributed by atoms with Crippen molar-refractivity contribution in [1.29, 1.82) is 0 Å². The monoisotopic (exact) mass is 438 g/mol. The molecule has 3 fully saturated rings. The molecule has 2 aromatic carbocycles. The summed E-state index contributed by atoms with van der Waals surface area (Å²) in [5.74, 6) is 0.260. The highest BCUT2D eigenvalue weighted by Gasteiger charge is 2.81. The standard InChI is InChI=1S/C25H30N2O3S/c1-23-18-27(31(29,30)21-11-7-4-8-12-21)25(17-20(23)13-15-24(23,25)2)22(28)26-16-14-19-9-5-3-6-10-19/h3-12,20H,13-18H2,1-2H3,(H,26,28)/t20-,23-,24+,25-/m1/s1. The Morgan fingerprint density at radius 1 is 1.06 bits per heavy atom. The van der Waals surface area contributed by atoms with Crippen LogP contribution in [0.3, 0.4) is 0 Å². The lowest BCUT2D eigenvalue weighted by Gasteiger charge is -2.46. The normalized spacial score (nSPS) is 34.2. The number of piperidine rings is 1. The highest BCUT2D eigenvalue weighted by Crippen LogP contribution is 2.76. The predicted octanol–water partition coefficient (Wildman–Crippen LogP) is 3.61. The summed E-state index contributed by atoms with van der Waals surface area (Å²) in [5.41, 5.74) is -0.394. The lowest BCUT2D eigenvalue weighted by atomic mass is 9.65. The third-order valence-electron chi connectivity index (χ3n) is 8.76. The van der Waals surface area contributed by atoms with E-state index >= 15 is 0 Å². The van der Waals surface area contributed by atoms with Crippen LogP contribution in [-0.4, -0.2) is 37.3 Å². The Kier molecular flexibility index (Phi) is 4.61. The topological polar surface area (TPSA) is 66.5 Å². The molecule has 1 saturated heterocycles. The number of nitrogens with zero attached hydrogens (tertiary/aromatic N) is 1. The lowest BCUT2D eigenvalue weighted by molar-refractivity contribution is -0.135. The van der Waals surface area contributed by atoms with Gasteiger partial charge in [0.1, 0.15) is 5.54 Å². The number of rotatable bonds is 6. The first-order chi connectivity index (χ1) is 14.8. The third kappa shape index (κ3) is 2.64. The average molecular weight is 439 g/mol. The summed E-state index contributed by atoms with van der Waals surface area (Å²) in [6, 6.07) is 18.6. The zero-order valence-electron chi connectivity index (χ0n) is 18.2. The molecule has 0 spiro atoms. The van der Waals surface area contributed by atoms with Crippen LogP contribution in [0.5, 0.6) is 0 Å². The number of nitrogens with one attached hydrogen (secondary N) is 1. The van der Waals surface area contributed by atoms with Crippen LogP contribution in [0.4, 0.5) is 0 Å². The Hall–Kier alpha value is -2.18. The molecule has 3 aliphatic rings. The van der Waals surface area contributed by atoms with Crippen LogP contribution < -0.4 is 5.32 Å². The van der Waals surface area contributed by atoms with Gasteiger partial charge in [0.05, 0.1) is 4.90 Å². The first kappa shape index (κ1) is 20.7. The first-order valence-corrected chi connectivity index (χ1v) is 12.6. The molecule has 1 amide bonds. The largest absolute Gasteiger partial charge is 0.354 e. The summed E-state index contributed by atoms with van der Waals surface area (Å²) in [6.45, 7) is 5.26. The zero-order valence-corrected chi connectivity index (χ0v) is 19.0. The van der Waals surface area contributed by atoms with Crippen molar-refractivity contribution < 1.29 is 13.2 Å². The van der Waals surface area contributed by atoms with Gasteiger partial charge in [-0.1, -0.05) is 62.4 Å². The molecule has 2 aliphatic carbocycles. The SMILES string of the molecule is C[C@@]12CC[C@@H]3C[C@]1(C(=O)NCCc1ccccc1)N(S(=O)(=O)c1ccccc1)C[C@]32C. The smallest absolute Gasteiger partial charge is 0.244 e. The maximum Gasteiger partial charge on any atom is 0.244 e. The van der Waals surface area contributed by atoms with Crippen LogP contribution in [0.2, 0.25) is 0 Å². The van der Waals surface area contributed by atoms with Gasteiger partial charge in [0.15, 0.2) is 0 Å². The van der Waals surface area contributed by atoms with E-state index in [0.717, 1.165) is 24.8 Å². The Balaban J connectivity index is 1.49. The van der Waals surface area contributed by atoms with Crippen molar-refractivity contribution in [2.45, 2.75) is 50.0 Å². The van der Waals surface area contributed by atoms with Crippen molar-refractivity contribution in [1.82, 2.24) is 9.62 Å². The Morgan fingerprint density at radius 3 is 2.35 bits per heavy atom. The van der Waals surface area contributed by atoms with Crippen molar-refractivity contribution in [2.75, 3.05) is 13.1 Å². The molecule has 0 radical (unpaired) electrons. The van der Waals surface area contributed by atoms with Crippen LogP contribution in [0, 0.1) is 16.7 Å². The van der Waals surface area contributed by atoms with Gasteiger partial charge in [-0.05, 0) is 54.7 Å². The third-order valence-corrected chi connectivity index (χ3v) is 10.6. The summed E-state index contributed by atoms with van der Waals surface area (Å²) in [4.78, 5) is 14.1. The van der Waals surface area contributed by atoms with E-state index in [-0.39, 0.29) is 21.6 Å². The van der Waals surface area contributed by atoms with Crippen molar-refractivity contribution >= 4 is 15.9 Å². The van der Waals surface area contributed by atoms with Gasteiger partial charge < -0.3 is 5.32 Å². The minimum Gasteiger partial charge on any atom is -0.354 e. The van der Waals surface area contributed by atoms with Gasteiger partial charge in [0, 0.05) is 18.5 Å². The Morgan fingerprint density at radius 2 is 1.71 bits per heavy atom.